The Morgan fingerprint density at radius 3 is 2.47 bits per heavy atom. The van der Waals surface area contributed by atoms with Crippen molar-refractivity contribution in [1.82, 2.24) is 0 Å². The zero-order valence-corrected chi connectivity index (χ0v) is 9.08. The summed E-state index contributed by atoms with van der Waals surface area (Å²) in [5.41, 5.74) is 0.533. The number of aryl methyl sites for hydroxylation is 1. The molecule has 17 heavy (non-hydrogen) atoms. The van der Waals surface area contributed by atoms with E-state index in [0.29, 0.717) is 17.5 Å². The minimum absolute atomic E-state index is 0.130. The fourth-order valence-corrected chi connectivity index (χ4v) is 2.08. The Hall–Kier alpha value is -1.52. The molecule has 0 spiro atoms. The number of carboxylic acid groups (broad SMARTS) is 1. The van der Waals surface area contributed by atoms with Gasteiger partial charge in [-0.25, -0.2) is 0 Å². The van der Waals surface area contributed by atoms with Crippen molar-refractivity contribution in [3.63, 3.8) is 0 Å². The second-order valence-corrected chi connectivity index (χ2v) is 4.36. The number of hydrogen-bond acceptors (Lipinski definition) is 1. The van der Waals surface area contributed by atoms with E-state index in [0.717, 1.165) is 12.1 Å². The number of benzene rings is 1. The Labute approximate surface area is 96.1 Å². The number of carboxylic acids is 1. The van der Waals surface area contributed by atoms with E-state index in [9.17, 15) is 18.0 Å². The lowest BCUT2D eigenvalue weighted by atomic mass is 10.00. The van der Waals surface area contributed by atoms with E-state index in [4.69, 9.17) is 5.11 Å². The van der Waals surface area contributed by atoms with Gasteiger partial charge in [0, 0.05) is 0 Å². The quantitative estimate of drug-likeness (QED) is 0.867. The van der Waals surface area contributed by atoms with Gasteiger partial charge in [-0.3, -0.25) is 4.79 Å². The normalized spacial score (nSPS) is 23.5. The van der Waals surface area contributed by atoms with Gasteiger partial charge >= 0.3 is 12.1 Å². The maximum absolute atomic E-state index is 12.4. The predicted molar refractivity (Wildman–Crippen MR) is 54.7 cm³/mol. The number of halogens is 3. The summed E-state index contributed by atoms with van der Waals surface area (Å²) in [6.45, 7) is 1.59. The Balaban J connectivity index is 2.25. The van der Waals surface area contributed by atoms with Crippen molar-refractivity contribution in [2.45, 2.75) is 25.4 Å². The molecule has 1 N–H and O–H groups in total. The van der Waals surface area contributed by atoms with E-state index in [2.05, 4.69) is 0 Å². The number of aliphatic carboxylic acids is 1. The molecule has 1 aromatic carbocycles. The molecular weight excluding hydrogens is 233 g/mol. The molecule has 5 heteroatoms. The molecule has 0 radical (unpaired) electrons. The van der Waals surface area contributed by atoms with Crippen LogP contribution in [0.4, 0.5) is 13.2 Å². The monoisotopic (exact) mass is 244 g/mol. The van der Waals surface area contributed by atoms with E-state index in [1.165, 1.54) is 6.07 Å². The largest absolute Gasteiger partial charge is 0.481 e. The highest BCUT2D eigenvalue weighted by Gasteiger charge is 2.45. The molecule has 1 aliphatic rings. The Morgan fingerprint density at radius 2 is 2.06 bits per heavy atom. The minimum Gasteiger partial charge on any atom is -0.481 e. The molecular formula is C12H11F3O2. The molecule has 1 aromatic rings. The van der Waals surface area contributed by atoms with Gasteiger partial charge in [0.2, 0.25) is 0 Å². The van der Waals surface area contributed by atoms with Crippen LogP contribution >= 0.6 is 0 Å². The predicted octanol–water partition coefficient (Wildman–Crippen LogP) is 3.20. The SMILES string of the molecule is Cc1cc(C(F)(F)F)ccc1[C@@H]1C[C@H]1C(=O)O. The van der Waals surface area contributed by atoms with Gasteiger partial charge in [0.05, 0.1) is 11.5 Å². The second kappa shape index (κ2) is 3.75. The highest BCUT2D eigenvalue weighted by Crippen LogP contribution is 2.49. The van der Waals surface area contributed by atoms with Gasteiger partial charge in [0.25, 0.3) is 0 Å². The fraction of sp³-hybridized carbons (Fsp3) is 0.417. The maximum Gasteiger partial charge on any atom is 0.416 e. The molecule has 2 rings (SSSR count). The van der Waals surface area contributed by atoms with Gasteiger partial charge < -0.3 is 5.11 Å². The van der Waals surface area contributed by atoms with Crippen molar-refractivity contribution in [1.29, 1.82) is 0 Å². The van der Waals surface area contributed by atoms with Gasteiger partial charge in [-0.05, 0) is 42.5 Å². The van der Waals surface area contributed by atoms with Gasteiger partial charge in [0.15, 0.2) is 0 Å². The standard InChI is InChI=1S/C12H11F3O2/c1-6-4-7(12(13,14)15)2-3-8(6)9-5-10(9)11(16)17/h2-4,9-10H,5H2,1H3,(H,16,17)/t9-,10+/m0/s1. The lowest BCUT2D eigenvalue weighted by Gasteiger charge is -2.10. The van der Waals surface area contributed by atoms with Crippen molar-refractivity contribution in [3.05, 3.63) is 34.9 Å². The van der Waals surface area contributed by atoms with E-state index in [1.54, 1.807) is 6.92 Å². The van der Waals surface area contributed by atoms with Crippen LogP contribution in [0.25, 0.3) is 0 Å². The van der Waals surface area contributed by atoms with Crippen molar-refractivity contribution in [2.24, 2.45) is 5.92 Å². The lowest BCUT2D eigenvalue weighted by molar-refractivity contribution is -0.139. The first-order valence-corrected chi connectivity index (χ1v) is 5.21. The Bertz CT molecular complexity index is 465. The van der Waals surface area contributed by atoms with Crippen molar-refractivity contribution in [3.8, 4) is 0 Å². The van der Waals surface area contributed by atoms with E-state index in [1.807, 2.05) is 0 Å². The van der Waals surface area contributed by atoms with Crippen LogP contribution in [0.3, 0.4) is 0 Å². The third-order valence-electron chi connectivity index (χ3n) is 3.10. The van der Waals surface area contributed by atoms with Crippen molar-refractivity contribution in [2.75, 3.05) is 0 Å². The molecule has 1 saturated carbocycles. The van der Waals surface area contributed by atoms with Crippen LogP contribution in [-0.4, -0.2) is 11.1 Å². The summed E-state index contributed by atoms with van der Waals surface area (Å²) in [5.74, 6) is -1.45. The summed E-state index contributed by atoms with van der Waals surface area (Å²) in [7, 11) is 0. The average Bonchev–Trinajstić information content (AvgIpc) is 2.95. The molecule has 1 fully saturated rings. The highest BCUT2D eigenvalue weighted by atomic mass is 19.4. The van der Waals surface area contributed by atoms with Gasteiger partial charge in [-0.1, -0.05) is 6.07 Å². The first-order valence-electron chi connectivity index (χ1n) is 5.21. The zero-order chi connectivity index (χ0) is 12.8. The molecule has 2 nitrogen and oxygen atoms in total. The molecule has 0 amide bonds. The lowest BCUT2D eigenvalue weighted by Crippen LogP contribution is -2.06. The second-order valence-electron chi connectivity index (χ2n) is 4.36. The third kappa shape index (κ3) is 2.28. The maximum atomic E-state index is 12.4. The number of carbonyl (C=O) groups is 1. The van der Waals surface area contributed by atoms with Crippen LogP contribution in [0.15, 0.2) is 18.2 Å². The molecule has 1 aliphatic carbocycles. The average molecular weight is 244 g/mol. The summed E-state index contributed by atoms with van der Waals surface area (Å²) in [5, 5.41) is 8.78. The summed E-state index contributed by atoms with van der Waals surface area (Å²) < 4.78 is 37.3. The molecule has 92 valence electrons. The van der Waals surface area contributed by atoms with E-state index in [-0.39, 0.29) is 5.92 Å². The smallest absolute Gasteiger partial charge is 0.416 e. The molecule has 0 saturated heterocycles. The first kappa shape index (κ1) is 12.0. The van der Waals surface area contributed by atoms with Crippen LogP contribution in [0.2, 0.25) is 0 Å². The van der Waals surface area contributed by atoms with Crippen LogP contribution in [0, 0.1) is 12.8 Å². The molecule has 0 bridgehead atoms. The Kier molecular flexibility index (Phi) is 2.64. The van der Waals surface area contributed by atoms with Crippen molar-refractivity contribution < 1.29 is 23.1 Å². The zero-order valence-electron chi connectivity index (χ0n) is 9.08. The summed E-state index contributed by atoms with van der Waals surface area (Å²) >= 11 is 0. The van der Waals surface area contributed by atoms with Crippen molar-refractivity contribution >= 4 is 5.97 Å². The number of hydrogen-bond donors (Lipinski definition) is 1. The minimum atomic E-state index is -4.35. The molecule has 2 atom stereocenters. The van der Waals surface area contributed by atoms with E-state index < -0.39 is 23.6 Å². The van der Waals surface area contributed by atoms with Gasteiger partial charge in [-0.15, -0.1) is 0 Å². The van der Waals surface area contributed by atoms with Gasteiger partial charge in [0.1, 0.15) is 0 Å². The summed E-state index contributed by atoms with van der Waals surface area (Å²) in [6.07, 6.45) is -3.83. The molecule has 0 heterocycles. The summed E-state index contributed by atoms with van der Waals surface area (Å²) in [4.78, 5) is 10.7. The molecule has 0 aromatic heterocycles. The van der Waals surface area contributed by atoms with Crippen LogP contribution in [0.1, 0.15) is 29.0 Å². The molecule has 0 unspecified atom stereocenters. The fourth-order valence-electron chi connectivity index (χ4n) is 2.08. The first-order chi connectivity index (χ1) is 7.80. The number of rotatable bonds is 2. The van der Waals surface area contributed by atoms with Crippen LogP contribution in [0.5, 0.6) is 0 Å². The Morgan fingerprint density at radius 1 is 1.41 bits per heavy atom. The van der Waals surface area contributed by atoms with Crippen LogP contribution in [-0.2, 0) is 11.0 Å². The van der Waals surface area contributed by atoms with E-state index >= 15 is 0 Å². The van der Waals surface area contributed by atoms with Gasteiger partial charge in [-0.2, -0.15) is 13.2 Å². The number of alkyl halides is 3. The molecule has 0 aliphatic heterocycles. The highest BCUT2D eigenvalue weighted by molar-refractivity contribution is 5.75. The summed E-state index contributed by atoms with van der Waals surface area (Å²) in [6, 6.07) is 3.48. The topological polar surface area (TPSA) is 37.3 Å². The van der Waals surface area contributed by atoms with Crippen LogP contribution < -0.4 is 0 Å². The third-order valence-corrected chi connectivity index (χ3v) is 3.10.